The van der Waals surface area contributed by atoms with Crippen molar-refractivity contribution in [3.05, 3.63) is 52.8 Å². The highest BCUT2D eigenvalue weighted by atomic mass is 35.5. The van der Waals surface area contributed by atoms with Crippen LogP contribution in [0.4, 0.5) is 10.1 Å². The van der Waals surface area contributed by atoms with Gasteiger partial charge in [-0.3, -0.25) is 4.79 Å². The van der Waals surface area contributed by atoms with E-state index in [1.54, 1.807) is 0 Å². The predicted molar refractivity (Wildman–Crippen MR) is 92.4 cm³/mol. The molecule has 0 radical (unpaired) electrons. The maximum absolute atomic E-state index is 12.8. The Bertz CT molecular complexity index is 825. The zero-order valence-electron chi connectivity index (χ0n) is 13.6. The van der Waals surface area contributed by atoms with Crippen molar-refractivity contribution in [2.75, 3.05) is 25.1 Å². The van der Waals surface area contributed by atoms with Crippen LogP contribution in [0.3, 0.4) is 0 Å². The fraction of sp³-hybridized carbons (Fsp3) is 0.222. The number of hydrogen-bond acceptors (Lipinski definition) is 5. The van der Waals surface area contributed by atoms with E-state index in [1.807, 2.05) is 0 Å². The summed E-state index contributed by atoms with van der Waals surface area (Å²) < 4.78 is 28.8. The van der Waals surface area contributed by atoms with Crippen molar-refractivity contribution in [1.82, 2.24) is 0 Å². The van der Waals surface area contributed by atoms with Gasteiger partial charge in [0.15, 0.2) is 18.1 Å². The number of carbonyl (C=O) groups is 2. The van der Waals surface area contributed by atoms with Gasteiger partial charge in [-0.15, -0.1) is 0 Å². The highest BCUT2D eigenvalue weighted by Gasteiger charge is 2.19. The van der Waals surface area contributed by atoms with Crippen molar-refractivity contribution in [3.8, 4) is 11.5 Å². The molecule has 0 bridgehead atoms. The molecule has 0 unspecified atom stereocenters. The molecule has 1 N–H and O–H groups in total. The van der Waals surface area contributed by atoms with E-state index in [4.69, 9.17) is 25.8 Å². The minimum Gasteiger partial charge on any atom is -0.489 e. The van der Waals surface area contributed by atoms with E-state index in [0.717, 1.165) is 0 Å². The van der Waals surface area contributed by atoms with Crippen LogP contribution < -0.4 is 14.8 Å². The van der Waals surface area contributed by atoms with Crippen molar-refractivity contribution in [3.63, 3.8) is 0 Å². The van der Waals surface area contributed by atoms with E-state index in [0.29, 0.717) is 36.8 Å². The first-order valence-corrected chi connectivity index (χ1v) is 8.22. The lowest BCUT2D eigenvalue weighted by Crippen LogP contribution is -2.21. The summed E-state index contributed by atoms with van der Waals surface area (Å²) in [6.45, 7) is 0.421. The average Bonchev–Trinajstić information content (AvgIpc) is 2.87. The number of esters is 1. The van der Waals surface area contributed by atoms with Crippen molar-refractivity contribution in [2.45, 2.75) is 6.42 Å². The fourth-order valence-corrected chi connectivity index (χ4v) is 2.56. The highest BCUT2D eigenvalue weighted by Crippen LogP contribution is 2.38. The van der Waals surface area contributed by atoms with Crippen LogP contribution in [0.2, 0.25) is 5.02 Å². The maximum Gasteiger partial charge on any atom is 0.338 e. The molecule has 1 aliphatic heterocycles. The Morgan fingerprint density at radius 1 is 1.15 bits per heavy atom. The summed E-state index contributed by atoms with van der Waals surface area (Å²) in [5.74, 6) is -0.949. The van der Waals surface area contributed by atoms with Crippen LogP contribution in [0.1, 0.15) is 16.8 Å². The van der Waals surface area contributed by atoms with Gasteiger partial charge in [-0.25, -0.2) is 9.18 Å². The van der Waals surface area contributed by atoms with E-state index in [1.165, 1.54) is 36.4 Å². The molecule has 3 rings (SSSR count). The third-order valence-corrected chi connectivity index (χ3v) is 3.78. The SMILES string of the molecule is O=C(COC(=O)c1cc(Cl)c2c(c1)OCCCO2)Nc1ccc(F)cc1. The number of benzene rings is 2. The number of nitrogens with one attached hydrogen (secondary N) is 1. The highest BCUT2D eigenvalue weighted by molar-refractivity contribution is 6.32. The molecule has 0 atom stereocenters. The Balaban J connectivity index is 1.61. The monoisotopic (exact) mass is 379 g/mol. The van der Waals surface area contributed by atoms with Crippen LogP contribution >= 0.6 is 11.6 Å². The second-order valence-corrected chi connectivity index (χ2v) is 5.87. The first-order valence-electron chi connectivity index (χ1n) is 7.84. The molecule has 1 amide bonds. The summed E-state index contributed by atoms with van der Waals surface area (Å²) in [6.07, 6.45) is 0.703. The van der Waals surface area contributed by atoms with E-state index >= 15 is 0 Å². The summed E-state index contributed by atoms with van der Waals surface area (Å²) in [6, 6.07) is 8.09. The van der Waals surface area contributed by atoms with Crippen LogP contribution in [0.25, 0.3) is 0 Å². The molecule has 6 nitrogen and oxygen atoms in total. The molecule has 1 heterocycles. The molecule has 2 aromatic rings. The molecule has 0 spiro atoms. The van der Waals surface area contributed by atoms with Gasteiger partial charge in [0.25, 0.3) is 5.91 Å². The fourth-order valence-electron chi connectivity index (χ4n) is 2.29. The summed E-state index contributed by atoms with van der Waals surface area (Å²) >= 11 is 6.12. The largest absolute Gasteiger partial charge is 0.489 e. The lowest BCUT2D eigenvalue weighted by atomic mass is 10.2. The number of rotatable bonds is 4. The quantitative estimate of drug-likeness (QED) is 0.824. The van der Waals surface area contributed by atoms with Gasteiger partial charge < -0.3 is 19.5 Å². The number of halogens is 2. The third kappa shape index (κ3) is 4.43. The van der Waals surface area contributed by atoms with Crippen LogP contribution in [0, 0.1) is 5.82 Å². The first-order chi connectivity index (χ1) is 12.5. The normalized spacial score (nSPS) is 12.8. The van der Waals surface area contributed by atoms with Crippen LogP contribution in [0.15, 0.2) is 36.4 Å². The molecule has 0 aliphatic carbocycles. The van der Waals surface area contributed by atoms with Crippen molar-refractivity contribution in [1.29, 1.82) is 0 Å². The maximum atomic E-state index is 12.8. The number of fused-ring (bicyclic) bond motifs is 1. The molecule has 26 heavy (non-hydrogen) atoms. The lowest BCUT2D eigenvalue weighted by Gasteiger charge is -2.11. The Morgan fingerprint density at radius 2 is 1.88 bits per heavy atom. The van der Waals surface area contributed by atoms with Gasteiger partial charge >= 0.3 is 5.97 Å². The van der Waals surface area contributed by atoms with Gasteiger partial charge in [0.2, 0.25) is 0 Å². The Morgan fingerprint density at radius 3 is 2.65 bits per heavy atom. The summed E-state index contributed by atoms with van der Waals surface area (Å²) in [7, 11) is 0. The van der Waals surface area contributed by atoms with Gasteiger partial charge in [-0.2, -0.15) is 0 Å². The van der Waals surface area contributed by atoms with Crippen LogP contribution in [0.5, 0.6) is 11.5 Å². The number of carbonyl (C=O) groups excluding carboxylic acids is 2. The zero-order valence-corrected chi connectivity index (χ0v) is 14.3. The number of ether oxygens (including phenoxy) is 3. The first kappa shape index (κ1) is 18.0. The minimum atomic E-state index is -0.725. The van der Waals surface area contributed by atoms with Gasteiger partial charge in [-0.05, 0) is 36.4 Å². The van der Waals surface area contributed by atoms with Crippen LogP contribution in [-0.2, 0) is 9.53 Å². The lowest BCUT2D eigenvalue weighted by molar-refractivity contribution is -0.119. The molecule has 0 fully saturated rings. The molecule has 0 saturated heterocycles. The third-order valence-electron chi connectivity index (χ3n) is 3.50. The summed E-state index contributed by atoms with van der Waals surface area (Å²) in [4.78, 5) is 24.0. The van der Waals surface area contributed by atoms with Gasteiger partial charge in [0.1, 0.15) is 5.82 Å². The smallest absolute Gasteiger partial charge is 0.338 e. The van der Waals surface area contributed by atoms with E-state index < -0.39 is 24.3 Å². The number of hydrogen-bond donors (Lipinski definition) is 1. The Kier molecular flexibility index (Phi) is 5.58. The standard InChI is InChI=1S/C18H15ClFNO5/c19-14-8-11(9-15-17(14)25-7-1-6-24-15)18(23)26-10-16(22)21-13-4-2-12(20)3-5-13/h2-5,8-9H,1,6-7,10H2,(H,21,22). The molecular weight excluding hydrogens is 365 g/mol. The van der Waals surface area contributed by atoms with Crippen molar-refractivity contribution < 1.29 is 28.2 Å². The zero-order chi connectivity index (χ0) is 18.5. The molecule has 1 aliphatic rings. The van der Waals surface area contributed by atoms with E-state index in [9.17, 15) is 14.0 Å². The van der Waals surface area contributed by atoms with Gasteiger partial charge in [0.05, 0.1) is 23.8 Å². The van der Waals surface area contributed by atoms with Crippen molar-refractivity contribution >= 4 is 29.2 Å². The molecule has 0 aromatic heterocycles. The Hall–Kier alpha value is -2.80. The van der Waals surface area contributed by atoms with Crippen LogP contribution in [-0.4, -0.2) is 31.7 Å². The molecular formula is C18H15ClFNO5. The number of amides is 1. The summed E-state index contributed by atoms with van der Waals surface area (Å²) in [5, 5.41) is 2.72. The number of anilines is 1. The minimum absolute atomic E-state index is 0.147. The Labute approximate surface area is 153 Å². The van der Waals surface area contributed by atoms with E-state index in [2.05, 4.69) is 5.32 Å². The predicted octanol–water partition coefficient (Wildman–Crippen LogP) is 3.44. The van der Waals surface area contributed by atoms with Gasteiger partial charge in [0, 0.05) is 12.1 Å². The second-order valence-electron chi connectivity index (χ2n) is 5.47. The van der Waals surface area contributed by atoms with Gasteiger partial charge in [-0.1, -0.05) is 11.6 Å². The van der Waals surface area contributed by atoms with E-state index in [-0.39, 0.29) is 10.6 Å². The summed E-state index contributed by atoms with van der Waals surface area (Å²) in [5.41, 5.74) is 0.542. The molecule has 2 aromatic carbocycles. The molecule has 8 heteroatoms. The molecule has 0 saturated carbocycles. The van der Waals surface area contributed by atoms with Crippen molar-refractivity contribution in [2.24, 2.45) is 0 Å². The topological polar surface area (TPSA) is 73.9 Å². The second kappa shape index (κ2) is 8.05. The molecule has 136 valence electrons. The average molecular weight is 380 g/mol.